The van der Waals surface area contributed by atoms with E-state index in [-0.39, 0.29) is 29.6 Å². The molecule has 182 valence electrons. The number of carbonyl (C=O) groups is 2. The molecule has 2 aliphatic heterocycles. The van der Waals surface area contributed by atoms with E-state index in [0.717, 1.165) is 19.3 Å². The topological polar surface area (TPSA) is 98.9 Å². The Morgan fingerprint density at radius 2 is 1.97 bits per heavy atom. The minimum atomic E-state index is -0.756. The molecule has 2 saturated heterocycles. The first kappa shape index (κ1) is 25.0. The predicted molar refractivity (Wildman–Crippen MR) is 118 cm³/mol. The first-order chi connectivity index (χ1) is 15.1. The molecule has 8 heteroatoms. The second-order valence-corrected chi connectivity index (χ2v) is 9.85. The predicted octanol–water partition coefficient (Wildman–Crippen LogP) is 3.38. The van der Waals surface area contributed by atoms with Crippen LogP contribution < -0.4 is 5.32 Å². The van der Waals surface area contributed by atoms with Gasteiger partial charge in [-0.1, -0.05) is 31.9 Å². The first-order valence-electron chi connectivity index (χ1n) is 11.6. The Morgan fingerprint density at radius 3 is 2.50 bits per heavy atom. The summed E-state index contributed by atoms with van der Waals surface area (Å²) in [6.45, 7) is 10.8. The number of alkyl carbamates (subject to hydrolysis) is 1. The van der Waals surface area contributed by atoms with Crippen molar-refractivity contribution < 1.29 is 33.3 Å². The lowest BCUT2D eigenvalue weighted by Gasteiger charge is -2.42. The van der Waals surface area contributed by atoms with Gasteiger partial charge in [0.05, 0.1) is 25.7 Å². The number of ether oxygens (including phenoxy) is 5. The van der Waals surface area contributed by atoms with Gasteiger partial charge in [0, 0.05) is 7.11 Å². The van der Waals surface area contributed by atoms with Crippen molar-refractivity contribution >= 4 is 12.1 Å². The van der Waals surface area contributed by atoms with E-state index in [4.69, 9.17) is 23.7 Å². The summed E-state index contributed by atoms with van der Waals surface area (Å²) in [6.07, 6.45) is 3.77. The van der Waals surface area contributed by atoms with Gasteiger partial charge < -0.3 is 29.0 Å². The van der Waals surface area contributed by atoms with Gasteiger partial charge >= 0.3 is 12.1 Å². The zero-order chi connectivity index (χ0) is 23.7. The molecule has 1 spiro atoms. The number of rotatable bonds is 9. The Labute approximate surface area is 191 Å². The van der Waals surface area contributed by atoms with E-state index >= 15 is 0 Å². The van der Waals surface area contributed by atoms with Crippen molar-refractivity contribution in [2.45, 2.75) is 95.9 Å². The summed E-state index contributed by atoms with van der Waals surface area (Å²) < 4.78 is 28.7. The van der Waals surface area contributed by atoms with Crippen LogP contribution in [0.25, 0.3) is 0 Å². The summed E-state index contributed by atoms with van der Waals surface area (Å²) in [7, 11) is 2.95. The van der Waals surface area contributed by atoms with Gasteiger partial charge in [0.25, 0.3) is 0 Å². The van der Waals surface area contributed by atoms with Crippen molar-refractivity contribution in [1.29, 1.82) is 0 Å². The fraction of sp³-hybridized carbons (Fsp3) is 0.833. The van der Waals surface area contributed by atoms with E-state index in [1.807, 2.05) is 13.8 Å². The summed E-state index contributed by atoms with van der Waals surface area (Å²) in [5.41, 5.74) is 0.579. The third-order valence-electron chi connectivity index (χ3n) is 7.44. The standard InChI is InChI=1S/C24H39NO7/c1-8-15(4)18(21(26)29-7)25-22(27)31-16-11-12-24(13-30-24)20(19(16)28-6)23(5)17(32-23)10-9-14(2)3/h9,15-20H,8,10-13H2,1-7H3,(H,25,27)/t15?,16-,17-,18-,19-,20-,23-,24+/m1/s1. The summed E-state index contributed by atoms with van der Waals surface area (Å²) in [5, 5.41) is 2.70. The molecular formula is C24H39NO7. The molecule has 0 radical (unpaired) electrons. The monoisotopic (exact) mass is 453 g/mol. The fourth-order valence-electron chi connectivity index (χ4n) is 5.16. The number of amides is 1. The van der Waals surface area contributed by atoms with E-state index in [9.17, 15) is 9.59 Å². The highest BCUT2D eigenvalue weighted by molar-refractivity contribution is 5.81. The molecule has 1 amide bonds. The minimum Gasteiger partial charge on any atom is -0.467 e. The summed E-state index contributed by atoms with van der Waals surface area (Å²) in [6, 6.07) is -0.756. The highest BCUT2D eigenvalue weighted by Crippen LogP contribution is 2.59. The lowest BCUT2D eigenvalue weighted by molar-refractivity contribution is -0.144. The van der Waals surface area contributed by atoms with Crippen molar-refractivity contribution in [3.63, 3.8) is 0 Å². The Hall–Kier alpha value is -1.64. The van der Waals surface area contributed by atoms with Crippen LogP contribution in [-0.2, 0) is 28.5 Å². The van der Waals surface area contributed by atoms with Gasteiger partial charge in [0.15, 0.2) is 0 Å². The maximum atomic E-state index is 12.7. The van der Waals surface area contributed by atoms with Crippen LogP contribution in [-0.4, -0.2) is 68.4 Å². The van der Waals surface area contributed by atoms with E-state index in [1.54, 1.807) is 7.11 Å². The van der Waals surface area contributed by atoms with E-state index in [1.165, 1.54) is 12.7 Å². The van der Waals surface area contributed by atoms with Crippen LogP contribution in [0, 0.1) is 11.8 Å². The second-order valence-electron chi connectivity index (χ2n) is 9.85. The van der Waals surface area contributed by atoms with Crippen LogP contribution in [0.3, 0.4) is 0 Å². The number of epoxide rings is 2. The third-order valence-corrected chi connectivity index (χ3v) is 7.44. The zero-order valence-electron chi connectivity index (χ0n) is 20.4. The molecule has 0 aromatic rings. The van der Waals surface area contributed by atoms with E-state index < -0.39 is 29.8 Å². The average molecular weight is 454 g/mol. The Balaban J connectivity index is 1.71. The van der Waals surface area contributed by atoms with Crippen molar-refractivity contribution in [2.75, 3.05) is 20.8 Å². The minimum absolute atomic E-state index is 0.0481. The normalized spacial score (nSPS) is 37.2. The fourth-order valence-corrected chi connectivity index (χ4v) is 5.16. The van der Waals surface area contributed by atoms with Gasteiger partial charge in [-0.25, -0.2) is 9.59 Å². The lowest BCUT2D eigenvalue weighted by atomic mass is 9.68. The molecular weight excluding hydrogens is 414 g/mol. The molecule has 0 aromatic heterocycles. The van der Waals surface area contributed by atoms with Gasteiger partial charge in [0.1, 0.15) is 29.5 Å². The molecule has 3 rings (SSSR count). The van der Waals surface area contributed by atoms with E-state index in [2.05, 4.69) is 32.2 Å². The Morgan fingerprint density at radius 1 is 1.28 bits per heavy atom. The van der Waals surface area contributed by atoms with Crippen molar-refractivity contribution in [3.05, 3.63) is 11.6 Å². The molecule has 8 atom stereocenters. The summed E-state index contributed by atoms with van der Waals surface area (Å²) in [4.78, 5) is 24.9. The largest absolute Gasteiger partial charge is 0.467 e. The maximum Gasteiger partial charge on any atom is 0.408 e. The summed E-state index contributed by atoms with van der Waals surface area (Å²) in [5.74, 6) is -0.606. The van der Waals surface area contributed by atoms with Crippen molar-refractivity contribution in [2.24, 2.45) is 11.8 Å². The van der Waals surface area contributed by atoms with Gasteiger partial charge in [-0.2, -0.15) is 0 Å². The molecule has 1 aliphatic carbocycles. The van der Waals surface area contributed by atoms with Gasteiger partial charge in [0.2, 0.25) is 0 Å². The zero-order valence-corrected chi connectivity index (χ0v) is 20.4. The van der Waals surface area contributed by atoms with Crippen LogP contribution in [0.2, 0.25) is 0 Å². The number of nitrogens with one attached hydrogen (secondary N) is 1. The number of esters is 1. The molecule has 3 fully saturated rings. The molecule has 3 aliphatic rings. The molecule has 1 unspecified atom stereocenters. The first-order valence-corrected chi connectivity index (χ1v) is 11.6. The lowest BCUT2D eigenvalue weighted by Crippen LogP contribution is -2.56. The Bertz CT molecular complexity index is 730. The number of carbonyl (C=O) groups excluding carboxylic acids is 2. The Kier molecular flexibility index (Phi) is 7.57. The molecule has 0 aromatic carbocycles. The second kappa shape index (κ2) is 9.69. The maximum absolute atomic E-state index is 12.7. The van der Waals surface area contributed by atoms with Gasteiger partial charge in [-0.05, 0) is 46.0 Å². The number of hydrogen-bond donors (Lipinski definition) is 1. The van der Waals surface area contributed by atoms with Gasteiger partial charge in [-0.15, -0.1) is 0 Å². The third kappa shape index (κ3) is 4.97. The van der Waals surface area contributed by atoms with Crippen molar-refractivity contribution in [3.8, 4) is 0 Å². The SMILES string of the molecule is CCC(C)[C@@H](NC(=O)O[C@@H]1CC[C@]2(CO2)[C@@H]([C@]2(C)O[C@@H]2CC=C(C)C)[C@@H]1OC)C(=O)OC. The van der Waals surface area contributed by atoms with Crippen LogP contribution in [0.4, 0.5) is 4.79 Å². The highest BCUT2D eigenvalue weighted by atomic mass is 16.6. The molecule has 2 heterocycles. The molecule has 1 saturated carbocycles. The number of allylic oxidation sites excluding steroid dienone is 1. The van der Waals surface area contributed by atoms with E-state index in [0.29, 0.717) is 13.0 Å². The number of hydrogen-bond acceptors (Lipinski definition) is 7. The quantitative estimate of drug-likeness (QED) is 0.325. The number of methoxy groups -OCH3 is 2. The van der Waals surface area contributed by atoms with Crippen LogP contribution in [0.5, 0.6) is 0 Å². The summed E-state index contributed by atoms with van der Waals surface area (Å²) >= 11 is 0. The smallest absolute Gasteiger partial charge is 0.408 e. The average Bonchev–Trinajstić information content (AvgIpc) is 3.67. The van der Waals surface area contributed by atoms with Crippen LogP contribution in [0.15, 0.2) is 11.6 Å². The molecule has 0 bridgehead atoms. The molecule has 1 N–H and O–H groups in total. The molecule has 8 nitrogen and oxygen atoms in total. The van der Waals surface area contributed by atoms with Crippen LogP contribution in [0.1, 0.15) is 60.3 Å². The molecule has 32 heavy (non-hydrogen) atoms. The highest BCUT2D eigenvalue weighted by Gasteiger charge is 2.72. The van der Waals surface area contributed by atoms with Crippen molar-refractivity contribution in [1.82, 2.24) is 5.32 Å². The van der Waals surface area contributed by atoms with Crippen LogP contribution >= 0.6 is 0 Å². The van der Waals surface area contributed by atoms with Gasteiger partial charge in [-0.3, -0.25) is 0 Å².